The lowest BCUT2D eigenvalue weighted by Crippen LogP contribution is -2.11. The van der Waals surface area contributed by atoms with Crippen molar-refractivity contribution in [1.82, 2.24) is 4.98 Å². The lowest BCUT2D eigenvalue weighted by atomic mass is 10.0. The van der Waals surface area contributed by atoms with Crippen molar-refractivity contribution in [3.05, 3.63) is 28.6 Å². The monoisotopic (exact) mass is 175 g/mol. The molecule has 0 fully saturated rings. The van der Waals surface area contributed by atoms with Crippen LogP contribution >= 0.6 is 0 Å². The topological polar surface area (TPSA) is 62.7 Å². The van der Waals surface area contributed by atoms with Crippen LogP contribution in [0.3, 0.4) is 0 Å². The Morgan fingerprint density at radius 1 is 1.54 bits per heavy atom. The van der Waals surface area contributed by atoms with Crippen LogP contribution in [0.15, 0.2) is 6.07 Å². The van der Waals surface area contributed by atoms with Gasteiger partial charge in [0.25, 0.3) is 0 Å². The second-order valence-electron chi connectivity index (χ2n) is 3.24. The maximum Gasteiger partial charge on any atom is 0.101 e. The molecule has 1 heterocycles. The number of nitriles is 1. The summed E-state index contributed by atoms with van der Waals surface area (Å²) in [4.78, 5) is 4.26. The molecular weight excluding hydrogens is 162 g/mol. The van der Waals surface area contributed by atoms with Gasteiger partial charge in [-0.15, -0.1) is 0 Å². The Morgan fingerprint density at radius 3 is 2.62 bits per heavy atom. The van der Waals surface area contributed by atoms with E-state index >= 15 is 0 Å². The summed E-state index contributed by atoms with van der Waals surface area (Å²) in [6.45, 7) is 5.64. The van der Waals surface area contributed by atoms with Crippen LogP contribution in [0.2, 0.25) is 0 Å². The molecule has 1 aromatic rings. The van der Waals surface area contributed by atoms with Gasteiger partial charge in [-0.25, -0.2) is 0 Å². The van der Waals surface area contributed by atoms with Crippen molar-refractivity contribution in [1.29, 1.82) is 5.26 Å². The molecule has 0 bridgehead atoms. The number of nitrogens with two attached hydrogens (primary N) is 1. The van der Waals surface area contributed by atoms with Crippen LogP contribution in [0.1, 0.15) is 35.5 Å². The van der Waals surface area contributed by atoms with Crippen LogP contribution in [0.25, 0.3) is 0 Å². The molecule has 0 unspecified atom stereocenters. The van der Waals surface area contributed by atoms with Gasteiger partial charge in [0.1, 0.15) is 6.07 Å². The lowest BCUT2D eigenvalue weighted by molar-refractivity contribution is 0.769. The summed E-state index contributed by atoms with van der Waals surface area (Å²) in [6.07, 6.45) is 0. The fourth-order valence-electron chi connectivity index (χ4n) is 1.34. The van der Waals surface area contributed by atoms with Crippen LogP contribution in [0.4, 0.5) is 0 Å². The van der Waals surface area contributed by atoms with Gasteiger partial charge in [0.15, 0.2) is 0 Å². The molecule has 0 aromatic carbocycles. The van der Waals surface area contributed by atoms with E-state index in [0.717, 1.165) is 11.3 Å². The van der Waals surface area contributed by atoms with Gasteiger partial charge in [-0.1, -0.05) is 0 Å². The van der Waals surface area contributed by atoms with Crippen LogP contribution < -0.4 is 5.73 Å². The van der Waals surface area contributed by atoms with E-state index in [1.165, 1.54) is 0 Å². The van der Waals surface area contributed by atoms with E-state index in [4.69, 9.17) is 11.0 Å². The molecule has 0 saturated carbocycles. The Bertz CT molecular complexity index is 361. The fourth-order valence-corrected chi connectivity index (χ4v) is 1.34. The van der Waals surface area contributed by atoms with E-state index in [-0.39, 0.29) is 6.04 Å². The van der Waals surface area contributed by atoms with Gasteiger partial charge >= 0.3 is 0 Å². The zero-order chi connectivity index (χ0) is 10.0. The first-order valence-corrected chi connectivity index (χ1v) is 4.20. The van der Waals surface area contributed by atoms with Gasteiger partial charge in [-0.3, -0.25) is 4.98 Å². The maximum atomic E-state index is 8.89. The lowest BCUT2D eigenvalue weighted by Gasteiger charge is -2.09. The standard InChI is InChI=1S/C10H13N3/c1-6-4-7(2)13-10(8(3)12)9(6)5-11/h4,8H,12H2,1-3H3/t8-/m0/s1. The highest BCUT2D eigenvalue weighted by Crippen LogP contribution is 2.17. The van der Waals surface area contributed by atoms with Crippen LogP contribution in [-0.4, -0.2) is 4.98 Å². The highest BCUT2D eigenvalue weighted by Gasteiger charge is 2.11. The SMILES string of the molecule is Cc1cc(C)c(C#N)c([C@H](C)N)n1. The van der Waals surface area contributed by atoms with Gasteiger partial charge < -0.3 is 5.73 Å². The highest BCUT2D eigenvalue weighted by molar-refractivity contribution is 5.42. The first-order chi connectivity index (χ1) is 6.06. The summed E-state index contributed by atoms with van der Waals surface area (Å²) < 4.78 is 0. The smallest absolute Gasteiger partial charge is 0.101 e. The summed E-state index contributed by atoms with van der Waals surface area (Å²) in [5.41, 5.74) is 8.87. The van der Waals surface area contributed by atoms with E-state index in [1.807, 2.05) is 26.8 Å². The Balaban J connectivity index is 3.41. The number of hydrogen-bond donors (Lipinski definition) is 1. The molecule has 0 aliphatic rings. The Hall–Kier alpha value is -1.40. The van der Waals surface area contributed by atoms with Crippen LogP contribution in [0, 0.1) is 25.2 Å². The van der Waals surface area contributed by atoms with Crippen molar-refractivity contribution in [2.45, 2.75) is 26.8 Å². The molecule has 68 valence electrons. The summed E-state index contributed by atoms with van der Waals surface area (Å²) >= 11 is 0. The average molecular weight is 175 g/mol. The predicted molar refractivity (Wildman–Crippen MR) is 51.0 cm³/mol. The third kappa shape index (κ3) is 1.85. The zero-order valence-electron chi connectivity index (χ0n) is 8.13. The second kappa shape index (κ2) is 3.55. The molecule has 1 aromatic heterocycles. The van der Waals surface area contributed by atoms with Crippen molar-refractivity contribution in [2.75, 3.05) is 0 Å². The molecule has 0 amide bonds. The van der Waals surface area contributed by atoms with E-state index < -0.39 is 0 Å². The summed E-state index contributed by atoms with van der Waals surface area (Å²) in [7, 11) is 0. The van der Waals surface area contributed by atoms with Crippen LogP contribution in [-0.2, 0) is 0 Å². The van der Waals surface area contributed by atoms with Crippen molar-refractivity contribution in [3.8, 4) is 6.07 Å². The molecule has 2 N–H and O–H groups in total. The fraction of sp³-hybridized carbons (Fsp3) is 0.400. The number of nitrogens with zero attached hydrogens (tertiary/aromatic N) is 2. The summed E-state index contributed by atoms with van der Waals surface area (Å²) in [5.74, 6) is 0. The van der Waals surface area contributed by atoms with Crippen molar-refractivity contribution < 1.29 is 0 Å². The number of aromatic nitrogens is 1. The molecule has 1 rings (SSSR count). The molecule has 1 atom stereocenters. The molecule has 0 saturated heterocycles. The van der Waals surface area contributed by atoms with Crippen molar-refractivity contribution in [3.63, 3.8) is 0 Å². The maximum absolute atomic E-state index is 8.89. The first kappa shape index (κ1) is 9.69. The van der Waals surface area contributed by atoms with Gasteiger partial charge in [0, 0.05) is 11.7 Å². The van der Waals surface area contributed by atoms with Gasteiger partial charge in [-0.05, 0) is 32.4 Å². The molecular formula is C10H13N3. The Kier molecular flexibility index (Phi) is 2.64. The molecule has 0 radical (unpaired) electrons. The second-order valence-corrected chi connectivity index (χ2v) is 3.24. The molecule has 0 aliphatic carbocycles. The molecule has 0 spiro atoms. The Morgan fingerprint density at radius 2 is 2.15 bits per heavy atom. The summed E-state index contributed by atoms with van der Waals surface area (Å²) in [5, 5.41) is 8.89. The van der Waals surface area contributed by atoms with Crippen LogP contribution in [0.5, 0.6) is 0 Å². The third-order valence-corrected chi connectivity index (χ3v) is 1.92. The zero-order valence-corrected chi connectivity index (χ0v) is 8.13. The van der Waals surface area contributed by atoms with E-state index in [1.54, 1.807) is 0 Å². The largest absolute Gasteiger partial charge is 0.323 e. The molecule has 3 heteroatoms. The third-order valence-electron chi connectivity index (χ3n) is 1.92. The molecule has 0 aliphatic heterocycles. The number of pyridine rings is 1. The van der Waals surface area contributed by atoms with Crippen molar-refractivity contribution >= 4 is 0 Å². The van der Waals surface area contributed by atoms with Gasteiger partial charge in [0.05, 0.1) is 11.3 Å². The average Bonchev–Trinajstić information content (AvgIpc) is 2.02. The normalized spacial score (nSPS) is 12.2. The quantitative estimate of drug-likeness (QED) is 0.705. The van der Waals surface area contributed by atoms with E-state index in [0.29, 0.717) is 11.3 Å². The summed E-state index contributed by atoms with van der Waals surface area (Å²) in [6, 6.07) is 3.84. The first-order valence-electron chi connectivity index (χ1n) is 4.20. The van der Waals surface area contributed by atoms with Crippen molar-refractivity contribution in [2.24, 2.45) is 5.73 Å². The number of rotatable bonds is 1. The molecule has 13 heavy (non-hydrogen) atoms. The Labute approximate surface area is 78.2 Å². The van der Waals surface area contributed by atoms with E-state index in [2.05, 4.69) is 11.1 Å². The minimum atomic E-state index is -0.187. The van der Waals surface area contributed by atoms with E-state index in [9.17, 15) is 0 Å². The highest BCUT2D eigenvalue weighted by atomic mass is 14.8. The number of hydrogen-bond acceptors (Lipinski definition) is 3. The minimum absolute atomic E-state index is 0.187. The minimum Gasteiger partial charge on any atom is -0.323 e. The predicted octanol–water partition coefficient (Wildman–Crippen LogP) is 1.59. The van der Waals surface area contributed by atoms with Gasteiger partial charge in [0.2, 0.25) is 0 Å². The van der Waals surface area contributed by atoms with Gasteiger partial charge in [-0.2, -0.15) is 5.26 Å². The number of aryl methyl sites for hydroxylation is 2. The molecule has 3 nitrogen and oxygen atoms in total.